The van der Waals surface area contributed by atoms with Crippen molar-refractivity contribution < 1.29 is 4.79 Å². The lowest BCUT2D eigenvalue weighted by Crippen LogP contribution is -2.19. The first-order valence-corrected chi connectivity index (χ1v) is 8.33. The number of rotatable bonds is 6. The van der Waals surface area contributed by atoms with E-state index in [4.69, 9.17) is 5.73 Å². The maximum absolute atomic E-state index is 12.4. The minimum atomic E-state index is -0.131. The van der Waals surface area contributed by atoms with Crippen LogP contribution in [-0.2, 0) is 13.1 Å². The van der Waals surface area contributed by atoms with Crippen molar-refractivity contribution in [3.63, 3.8) is 0 Å². The first-order valence-electron chi connectivity index (χ1n) is 8.33. The van der Waals surface area contributed by atoms with Gasteiger partial charge in [-0.2, -0.15) is 0 Å². The molecule has 1 aromatic heterocycles. The first-order chi connectivity index (χ1) is 12.7. The molecular formula is C20H21N5O. The van der Waals surface area contributed by atoms with Crippen molar-refractivity contribution in [3.05, 3.63) is 83.8 Å². The third-order valence-electron chi connectivity index (χ3n) is 3.95. The largest absolute Gasteiger partial charge is 0.355 e. The molecule has 0 aliphatic heterocycles. The highest BCUT2D eigenvalue weighted by molar-refractivity contribution is 6.04. The second-order valence-electron chi connectivity index (χ2n) is 5.95. The van der Waals surface area contributed by atoms with Gasteiger partial charge in [0.05, 0.1) is 5.69 Å². The van der Waals surface area contributed by atoms with Gasteiger partial charge in [-0.15, -0.1) is 0 Å². The molecule has 0 fully saturated rings. The van der Waals surface area contributed by atoms with Gasteiger partial charge < -0.3 is 16.0 Å². The lowest BCUT2D eigenvalue weighted by Gasteiger charge is -2.19. The summed E-state index contributed by atoms with van der Waals surface area (Å²) in [5, 5.41) is 2.90. The fraction of sp³-hybridized carbons (Fsp3) is 0.150. The van der Waals surface area contributed by atoms with Gasteiger partial charge in [-0.3, -0.25) is 4.79 Å². The molecule has 3 aromatic rings. The Morgan fingerprint density at radius 1 is 1.08 bits per heavy atom. The molecule has 132 valence electrons. The van der Waals surface area contributed by atoms with Gasteiger partial charge in [0.15, 0.2) is 0 Å². The molecule has 0 unspecified atom stereocenters. The molecule has 0 aliphatic carbocycles. The van der Waals surface area contributed by atoms with Crippen LogP contribution in [0.25, 0.3) is 0 Å². The summed E-state index contributed by atoms with van der Waals surface area (Å²) in [5.41, 5.74) is 8.83. The topological polar surface area (TPSA) is 84.1 Å². The zero-order valence-electron chi connectivity index (χ0n) is 14.6. The maximum Gasteiger partial charge on any atom is 0.255 e. The number of nitrogens with zero attached hydrogens (tertiary/aromatic N) is 3. The number of nitrogens with two attached hydrogens (primary N) is 1. The monoisotopic (exact) mass is 347 g/mol. The number of anilines is 2. The van der Waals surface area contributed by atoms with E-state index in [1.807, 2.05) is 66.5 Å². The van der Waals surface area contributed by atoms with Gasteiger partial charge in [0.25, 0.3) is 5.91 Å². The minimum Gasteiger partial charge on any atom is -0.355 e. The van der Waals surface area contributed by atoms with E-state index in [2.05, 4.69) is 15.3 Å². The van der Waals surface area contributed by atoms with E-state index >= 15 is 0 Å². The Balaban J connectivity index is 1.71. The van der Waals surface area contributed by atoms with Crippen LogP contribution in [0.3, 0.4) is 0 Å². The average molecular weight is 347 g/mol. The third kappa shape index (κ3) is 4.43. The van der Waals surface area contributed by atoms with Crippen molar-refractivity contribution in [1.82, 2.24) is 9.97 Å². The molecule has 6 heteroatoms. The van der Waals surface area contributed by atoms with Gasteiger partial charge in [-0.25, -0.2) is 9.97 Å². The molecular weight excluding hydrogens is 326 g/mol. The summed E-state index contributed by atoms with van der Waals surface area (Å²) >= 11 is 0. The summed E-state index contributed by atoms with van der Waals surface area (Å²) in [5.74, 6) is 0.660. The smallest absolute Gasteiger partial charge is 0.255 e. The van der Waals surface area contributed by atoms with Gasteiger partial charge in [-0.1, -0.05) is 30.3 Å². The molecule has 0 bridgehead atoms. The summed E-state index contributed by atoms with van der Waals surface area (Å²) < 4.78 is 0. The lowest BCUT2D eigenvalue weighted by molar-refractivity contribution is 0.102. The molecule has 0 radical (unpaired) electrons. The zero-order valence-corrected chi connectivity index (χ0v) is 14.6. The summed E-state index contributed by atoms with van der Waals surface area (Å²) in [4.78, 5) is 22.8. The summed E-state index contributed by atoms with van der Waals surface area (Å²) in [6.45, 7) is 0.992. The Morgan fingerprint density at radius 2 is 1.88 bits per heavy atom. The van der Waals surface area contributed by atoms with Crippen LogP contribution in [0.4, 0.5) is 11.5 Å². The molecule has 0 saturated heterocycles. The Bertz CT molecular complexity index is 882. The molecule has 26 heavy (non-hydrogen) atoms. The van der Waals surface area contributed by atoms with E-state index in [0.717, 1.165) is 22.8 Å². The van der Waals surface area contributed by atoms with Crippen LogP contribution in [-0.4, -0.2) is 22.9 Å². The molecule has 0 saturated carbocycles. The van der Waals surface area contributed by atoms with Crippen molar-refractivity contribution in [2.75, 3.05) is 17.3 Å². The normalized spacial score (nSPS) is 10.4. The molecule has 2 aromatic carbocycles. The van der Waals surface area contributed by atoms with Crippen molar-refractivity contribution in [1.29, 1.82) is 0 Å². The molecule has 0 aliphatic rings. The Labute approximate surface area is 152 Å². The fourth-order valence-electron chi connectivity index (χ4n) is 2.60. The second-order valence-corrected chi connectivity index (χ2v) is 5.95. The molecule has 6 nitrogen and oxygen atoms in total. The van der Waals surface area contributed by atoms with Gasteiger partial charge in [0.1, 0.15) is 12.1 Å². The van der Waals surface area contributed by atoms with Crippen LogP contribution in [0.5, 0.6) is 0 Å². The van der Waals surface area contributed by atoms with Crippen LogP contribution in [0.15, 0.2) is 67.0 Å². The summed E-state index contributed by atoms with van der Waals surface area (Å²) in [7, 11) is 1.94. The number of para-hydroxylation sites is 1. The molecule has 0 spiro atoms. The van der Waals surface area contributed by atoms with E-state index in [0.29, 0.717) is 18.7 Å². The highest BCUT2D eigenvalue weighted by Crippen LogP contribution is 2.15. The number of amides is 1. The van der Waals surface area contributed by atoms with E-state index in [-0.39, 0.29) is 5.91 Å². The molecule has 1 heterocycles. The van der Waals surface area contributed by atoms with Gasteiger partial charge in [0, 0.05) is 37.5 Å². The molecule has 3 N–H and O–H groups in total. The predicted molar refractivity (Wildman–Crippen MR) is 103 cm³/mol. The van der Waals surface area contributed by atoms with E-state index in [1.165, 1.54) is 6.33 Å². The van der Waals surface area contributed by atoms with Gasteiger partial charge in [-0.05, 0) is 29.8 Å². The molecule has 3 rings (SSSR count). The van der Waals surface area contributed by atoms with Crippen LogP contribution in [0.1, 0.15) is 21.6 Å². The molecule has 0 atom stereocenters. The quantitative estimate of drug-likeness (QED) is 0.716. The first kappa shape index (κ1) is 17.6. The molecule has 1 amide bonds. The number of carbonyl (C=O) groups excluding carboxylic acids is 1. The van der Waals surface area contributed by atoms with Crippen molar-refractivity contribution in [2.45, 2.75) is 13.1 Å². The lowest BCUT2D eigenvalue weighted by atomic mass is 10.1. The number of carbonyl (C=O) groups is 1. The van der Waals surface area contributed by atoms with Crippen molar-refractivity contribution in [2.24, 2.45) is 5.73 Å². The number of nitrogens with one attached hydrogen (secondary N) is 1. The Morgan fingerprint density at radius 3 is 2.65 bits per heavy atom. The Hall–Kier alpha value is -3.25. The predicted octanol–water partition coefficient (Wildman–Crippen LogP) is 2.82. The van der Waals surface area contributed by atoms with Gasteiger partial charge in [0.2, 0.25) is 0 Å². The SMILES string of the molecule is CN(Cc1cccc(C(=O)Nc2ccccc2)c1)c1cc(CN)ncn1. The number of benzene rings is 2. The van der Waals surface area contributed by atoms with Crippen LogP contribution < -0.4 is 16.0 Å². The van der Waals surface area contributed by atoms with Gasteiger partial charge >= 0.3 is 0 Å². The number of hydrogen-bond acceptors (Lipinski definition) is 5. The van der Waals surface area contributed by atoms with E-state index in [9.17, 15) is 4.79 Å². The Kier molecular flexibility index (Phi) is 5.56. The highest BCUT2D eigenvalue weighted by Gasteiger charge is 2.09. The summed E-state index contributed by atoms with van der Waals surface area (Å²) in [6.07, 6.45) is 1.51. The van der Waals surface area contributed by atoms with Crippen LogP contribution in [0, 0.1) is 0 Å². The minimum absolute atomic E-state index is 0.131. The van der Waals surface area contributed by atoms with Crippen molar-refractivity contribution >= 4 is 17.4 Å². The fourth-order valence-corrected chi connectivity index (χ4v) is 2.60. The van der Waals surface area contributed by atoms with Crippen LogP contribution in [0.2, 0.25) is 0 Å². The summed E-state index contributed by atoms with van der Waals surface area (Å²) in [6, 6.07) is 18.8. The number of hydrogen-bond donors (Lipinski definition) is 2. The average Bonchev–Trinajstić information content (AvgIpc) is 2.69. The highest BCUT2D eigenvalue weighted by atomic mass is 16.1. The zero-order chi connectivity index (χ0) is 18.4. The maximum atomic E-state index is 12.4. The van der Waals surface area contributed by atoms with E-state index < -0.39 is 0 Å². The van der Waals surface area contributed by atoms with Crippen molar-refractivity contribution in [3.8, 4) is 0 Å². The second kappa shape index (κ2) is 8.22. The van der Waals surface area contributed by atoms with E-state index in [1.54, 1.807) is 6.07 Å². The standard InChI is InChI=1S/C20H21N5O/c1-25(19-11-18(12-21)22-14-23-19)13-15-6-5-7-16(10-15)20(26)24-17-8-3-2-4-9-17/h2-11,14H,12-13,21H2,1H3,(H,24,26). The third-order valence-corrected chi connectivity index (χ3v) is 3.95. The van der Waals surface area contributed by atoms with Crippen LogP contribution >= 0.6 is 0 Å². The number of aromatic nitrogens is 2.